The maximum absolute atomic E-state index is 13.1. The molecule has 1 N–H and O–H groups in total. The number of rotatable bonds is 2. The van der Waals surface area contributed by atoms with E-state index in [0.29, 0.717) is 25.4 Å². The van der Waals surface area contributed by atoms with Crippen LogP contribution in [0.1, 0.15) is 53.8 Å². The van der Waals surface area contributed by atoms with Gasteiger partial charge in [0.1, 0.15) is 11.5 Å². The Hall–Kier alpha value is -2.14. The lowest BCUT2D eigenvalue weighted by Crippen LogP contribution is -2.54. The third-order valence-corrected chi connectivity index (χ3v) is 5.68. The van der Waals surface area contributed by atoms with Gasteiger partial charge in [0.25, 0.3) is 5.91 Å². The Labute approximate surface area is 154 Å². The van der Waals surface area contributed by atoms with E-state index in [2.05, 4.69) is 29.0 Å². The van der Waals surface area contributed by atoms with Crippen molar-refractivity contribution in [3.05, 3.63) is 41.2 Å². The fraction of sp³-hybridized carbons (Fsp3) is 0.524. The van der Waals surface area contributed by atoms with Gasteiger partial charge < -0.3 is 14.6 Å². The number of H-pyrrole nitrogens is 1. The highest BCUT2D eigenvalue weighted by Gasteiger charge is 2.40. The molecule has 2 fully saturated rings. The molecule has 0 unspecified atom stereocenters. The maximum Gasteiger partial charge on any atom is 0.274 e. The van der Waals surface area contributed by atoms with Crippen LogP contribution >= 0.6 is 0 Å². The highest BCUT2D eigenvalue weighted by atomic mass is 16.5. The first-order chi connectivity index (χ1) is 12.6. The summed E-state index contributed by atoms with van der Waals surface area (Å²) < 4.78 is 6.12. The molecule has 2 aromatic rings. The molecule has 0 radical (unpaired) electrons. The second-order valence-corrected chi connectivity index (χ2v) is 7.75. The van der Waals surface area contributed by atoms with Crippen molar-refractivity contribution >= 4 is 5.91 Å². The molecule has 2 heterocycles. The quantitative estimate of drug-likeness (QED) is 0.892. The van der Waals surface area contributed by atoms with E-state index in [0.717, 1.165) is 29.9 Å². The number of imidazole rings is 1. The van der Waals surface area contributed by atoms with Crippen LogP contribution in [0.5, 0.6) is 0 Å². The largest absolute Gasteiger partial charge is 0.371 e. The number of ether oxygens (including phenoxy) is 1. The molecule has 5 heteroatoms. The number of carbonyl (C=O) groups is 1. The lowest BCUT2D eigenvalue weighted by atomic mass is 9.83. The smallest absolute Gasteiger partial charge is 0.274 e. The molecular weight excluding hydrogens is 326 g/mol. The highest BCUT2D eigenvalue weighted by molar-refractivity contribution is 5.94. The first-order valence-corrected chi connectivity index (χ1v) is 9.63. The third-order valence-electron chi connectivity index (χ3n) is 5.68. The van der Waals surface area contributed by atoms with Gasteiger partial charge in [-0.2, -0.15) is 0 Å². The number of aromatic nitrogens is 2. The molecule has 4 rings (SSSR count). The fourth-order valence-corrected chi connectivity index (χ4v) is 4.26. The standard InChI is InChI=1S/C21H27N3O2/c1-15-7-6-8-17(13-15)19-22-16(2)18(23-19)20(25)24-11-12-26-21(14-24)9-4-3-5-10-21/h6-8,13H,3-5,9-12,14H2,1-2H3,(H,22,23). The van der Waals surface area contributed by atoms with Gasteiger partial charge in [-0.05, 0) is 32.8 Å². The average Bonchev–Trinajstić information content (AvgIpc) is 3.03. The van der Waals surface area contributed by atoms with Crippen molar-refractivity contribution < 1.29 is 9.53 Å². The molecule has 1 amide bonds. The Bertz CT molecular complexity index is 800. The number of hydrogen-bond donors (Lipinski definition) is 1. The molecule has 2 aliphatic rings. The molecule has 1 saturated heterocycles. The summed E-state index contributed by atoms with van der Waals surface area (Å²) in [5, 5.41) is 0. The predicted octanol–water partition coefficient (Wildman–Crippen LogP) is 3.87. The third kappa shape index (κ3) is 3.28. The van der Waals surface area contributed by atoms with E-state index in [-0.39, 0.29) is 11.5 Å². The van der Waals surface area contributed by atoms with Crippen LogP contribution in [0.15, 0.2) is 24.3 Å². The van der Waals surface area contributed by atoms with Crippen molar-refractivity contribution in [1.29, 1.82) is 0 Å². The second-order valence-electron chi connectivity index (χ2n) is 7.75. The summed E-state index contributed by atoms with van der Waals surface area (Å²) in [4.78, 5) is 23.0. The minimum absolute atomic E-state index is 0.0194. The summed E-state index contributed by atoms with van der Waals surface area (Å²) in [6.45, 7) is 5.95. The van der Waals surface area contributed by atoms with E-state index < -0.39 is 0 Å². The Morgan fingerprint density at radius 2 is 2.04 bits per heavy atom. The fourth-order valence-electron chi connectivity index (χ4n) is 4.26. The number of nitrogens with zero attached hydrogens (tertiary/aromatic N) is 2. The van der Waals surface area contributed by atoms with Crippen LogP contribution in [0.25, 0.3) is 11.4 Å². The first kappa shape index (κ1) is 17.3. The number of amides is 1. The molecule has 5 nitrogen and oxygen atoms in total. The Morgan fingerprint density at radius 3 is 2.81 bits per heavy atom. The SMILES string of the molecule is Cc1cccc(-c2nc(C(=O)N3CCOC4(CCCCC4)C3)c(C)[nH]2)c1. The second kappa shape index (κ2) is 6.88. The van der Waals surface area contributed by atoms with Gasteiger partial charge in [-0.1, -0.05) is 43.0 Å². The molecule has 0 bridgehead atoms. The lowest BCUT2D eigenvalue weighted by molar-refractivity contribution is -0.118. The van der Waals surface area contributed by atoms with E-state index in [9.17, 15) is 4.79 Å². The number of aromatic amines is 1. The molecule has 1 aromatic heterocycles. The van der Waals surface area contributed by atoms with Crippen LogP contribution < -0.4 is 0 Å². The van der Waals surface area contributed by atoms with E-state index >= 15 is 0 Å². The number of hydrogen-bond acceptors (Lipinski definition) is 3. The summed E-state index contributed by atoms with van der Waals surface area (Å²) in [7, 11) is 0. The van der Waals surface area contributed by atoms with Crippen LogP contribution in [0.3, 0.4) is 0 Å². The minimum Gasteiger partial charge on any atom is -0.371 e. The molecule has 26 heavy (non-hydrogen) atoms. The molecule has 1 saturated carbocycles. The summed E-state index contributed by atoms with van der Waals surface area (Å²) in [5.41, 5.74) is 3.43. The van der Waals surface area contributed by atoms with Gasteiger partial charge in [0.15, 0.2) is 0 Å². The van der Waals surface area contributed by atoms with Gasteiger partial charge in [0.2, 0.25) is 0 Å². The number of morpholine rings is 1. The monoisotopic (exact) mass is 353 g/mol. The predicted molar refractivity (Wildman–Crippen MR) is 101 cm³/mol. The van der Waals surface area contributed by atoms with E-state index in [1.807, 2.05) is 24.0 Å². The normalized spacial score (nSPS) is 19.7. The average molecular weight is 353 g/mol. The molecular formula is C21H27N3O2. The number of benzene rings is 1. The Kier molecular flexibility index (Phi) is 4.57. The van der Waals surface area contributed by atoms with Gasteiger partial charge in [-0.25, -0.2) is 4.98 Å². The maximum atomic E-state index is 13.1. The number of aryl methyl sites for hydroxylation is 2. The summed E-state index contributed by atoms with van der Waals surface area (Å²) in [5.74, 6) is 0.779. The van der Waals surface area contributed by atoms with Crippen molar-refractivity contribution in [2.45, 2.75) is 51.6 Å². The zero-order valence-corrected chi connectivity index (χ0v) is 15.7. The van der Waals surface area contributed by atoms with Crippen LogP contribution in [-0.2, 0) is 4.74 Å². The van der Waals surface area contributed by atoms with Crippen molar-refractivity contribution in [2.75, 3.05) is 19.7 Å². The van der Waals surface area contributed by atoms with E-state index in [1.54, 1.807) is 0 Å². The summed E-state index contributed by atoms with van der Waals surface area (Å²) in [6, 6.07) is 8.17. The molecule has 1 aliphatic heterocycles. The molecule has 1 aliphatic carbocycles. The minimum atomic E-state index is -0.129. The van der Waals surface area contributed by atoms with Gasteiger partial charge in [0.05, 0.1) is 18.8 Å². The highest BCUT2D eigenvalue weighted by Crippen LogP contribution is 2.35. The molecule has 1 spiro atoms. The van der Waals surface area contributed by atoms with Crippen LogP contribution in [0, 0.1) is 13.8 Å². The van der Waals surface area contributed by atoms with Crippen molar-refractivity contribution in [1.82, 2.24) is 14.9 Å². The van der Waals surface area contributed by atoms with Crippen LogP contribution in [-0.4, -0.2) is 46.1 Å². The molecule has 0 atom stereocenters. The zero-order chi connectivity index (χ0) is 18.1. The topological polar surface area (TPSA) is 58.2 Å². The summed E-state index contributed by atoms with van der Waals surface area (Å²) in [6.07, 6.45) is 5.79. The molecule has 138 valence electrons. The van der Waals surface area contributed by atoms with Crippen molar-refractivity contribution in [2.24, 2.45) is 0 Å². The van der Waals surface area contributed by atoms with Gasteiger partial charge >= 0.3 is 0 Å². The molecule has 1 aromatic carbocycles. The summed E-state index contributed by atoms with van der Waals surface area (Å²) >= 11 is 0. The van der Waals surface area contributed by atoms with Crippen molar-refractivity contribution in [3.63, 3.8) is 0 Å². The van der Waals surface area contributed by atoms with Gasteiger partial charge in [-0.3, -0.25) is 4.79 Å². The van der Waals surface area contributed by atoms with Crippen LogP contribution in [0.4, 0.5) is 0 Å². The number of carbonyl (C=O) groups excluding carboxylic acids is 1. The Balaban J connectivity index is 1.56. The van der Waals surface area contributed by atoms with E-state index in [4.69, 9.17) is 4.74 Å². The zero-order valence-electron chi connectivity index (χ0n) is 15.7. The first-order valence-electron chi connectivity index (χ1n) is 9.63. The lowest BCUT2D eigenvalue weighted by Gasteiger charge is -2.44. The van der Waals surface area contributed by atoms with E-state index in [1.165, 1.54) is 24.8 Å². The van der Waals surface area contributed by atoms with Gasteiger partial charge in [-0.15, -0.1) is 0 Å². The number of nitrogens with one attached hydrogen (secondary N) is 1. The van der Waals surface area contributed by atoms with Crippen LogP contribution in [0.2, 0.25) is 0 Å². The Morgan fingerprint density at radius 1 is 1.23 bits per heavy atom. The van der Waals surface area contributed by atoms with Crippen molar-refractivity contribution in [3.8, 4) is 11.4 Å². The van der Waals surface area contributed by atoms with Gasteiger partial charge in [0, 0.05) is 17.8 Å².